The van der Waals surface area contributed by atoms with E-state index in [1.807, 2.05) is 30.5 Å². The lowest BCUT2D eigenvalue weighted by atomic mass is 10.0. The predicted octanol–water partition coefficient (Wildman–Crippen LogP) is 4.57. The molecule has 1 atom stereocenters. The molecule has 0 spiro atoms. The van der Waals surface area contributed by atoms with Crippen LogP contribution in [0.15, 0.2) is 41.8 Å². The zero-order valence-electron chi connectivity index (χ0n) is 12.7. The van der Waals surface area contributed by atoms with Gasteiger partial charge in [0.15, 0.2) is 0 Å². The molecule has 2 aromatic rings. The molecule has 0 bridgehead atoms. The highest BCUT2D eigenvalue weighted by Crippen LogP contribution is 2.20. The molecule has 4 heteroatoms. The van der Waals surface area contributed by atoms with Gasteiger partial charge in [-0.1, -0.05) is 36.7 Å². The first-order chi connectivity index (χ1) is 10.2. The first kappa shape index (κ1) is 16.5. The molecule has 1 unspecified atom stereocenters. The molecule has 0 fully saturated rings. The van der Waals surface area contributed by atoms with Crippen molar-refractivity contribution in [3.63, 3.8) is 0 Å². The normalized spacial score (nSPS) is 12.8. The van der Waals surface area contributed by atoms with E-state index in [0.717, 1.165) is 31.1 Å². The fraction of sp³-hybridized carbons (Fsp3) is 0.412. The highest BCUT2D eigenvalue weighted by Gasteiger charge is 2.12. The van der Waals surface area contributed by atoms with Crippen LogP contribution in [0.2, 0.25) is 5.02 Å². The average molecular weight is 323 g/mol. The van der Waals surface area contributed by atoms with E-state index in [9.17, 15) is 0 Å². The minimum Gasteiger partial charge on any atom is -0.313 e. The molecule has 0 amide bonds. The fourth-order valence-electron chi connectivity index (χ4n) is 2.46. The number of halogens is 1. The Bertz CT molecular complexity index is 510. The Morgan fingerprint density at radius 3 is 2.57 bits per heavy atom. The van der Waals surface area contributed by atoms with E-state index in [1.54, 1.807) is 0 Å². The van der Waals surface area contributed by atoms with Crippen LogP contribution in [-0.4, -0.2) is 25.0 Å². The van der Waals surface area contributed by atoms with Gasteiger partial charge in [-0.25, -0.2) is 0 Å². The molecule has 1 N–H and O–H groups in total. The molecule has 21 heavy (non-hydrogen) atoms. The molecule has 0 saturated carbocycles. The number of nitrogens with zero attached hydrogens (tertiary/aromatic N) is 1. The molecule has 1 aromatic heterocycles. The van der Waals surface area contributed by atoms with Gasteiger partial charge in [0, 0.05) is 29.0 Å². The monoisotopic (exact) mass is 322 g/mol. The SMILES string of the molecule is CCN(CCC(NC)c1ccc(Cl)cc1)Cc1cccs1. The second kappa shape index (κ2) is 8.54. The average Bonchev–Trinajstić information content (AvgIpc) is 3.01. The minimum atomic E-state index is 0.375. The number of nitrogens with one attached hydrogen (secondary N) is 1. The van der Waals surface area contributed by atoms with Crippen LogP contribution in [-0.2, 0) is 6.54 Å². The van der Waals surface area contributed by atoms with Gasteiger partial charge in [-0.15, -0.1) is 11.3 Å². The number of rotatable bonds is 8. The van der Waals surface area contributed by atoms with Crippen molar-refractivity contribution in [2.24, 2.45) is 0 Å². The molecule has 0 aliphatic carbocycles. The van der Waals surface area contributed by atoms with Crippen molar-refractivity contribution in [3.05, 3.63) is 57.2 Å². The molecular weight excluding hydrogens is 300 g/mol. The Morgan fingerprint density at radius 1 is 1.24 bits per heavy atom. The smallest absolute Gasteiger partial charge is 0.0406 e. The van der Waals surface area contributed by atoms with Crippen LogP contribution >= 0.6 is 22.9 Å². The van der Waals surface area contributed by atoms with Gasteiger partial charge in [-0.3, -0.25) is 4.90 Å². The molecule has 0 aliphatic rings. The summed E-state index contributed by atoms with van der Waals surface area (Å²) in [5.74, 6) is 0. The van der Waals surface area contributed by atoms with Crippen molar-refractivity contribution in [1.29, 1.82) is 0 Å². The van der Waals surface area contributed by atoms with E-state index < -0.39 is 0 Å². The third kappa shape index (κ3) is 5.11. The highest BCUT2D eigenvalue weighted by molar-refractivity contribution is 7.09. The van der Waals surface area contributed by atoms with Gasteiger partial charge < -0.3 is 5.32 Å². The summed E-state index contributed by atoms with van der Waals surface area (Å²) in [7, 11) is 2.02. The summed E-state index contributed by atoms with van der Waals surface area (Å²) in [5, 5.41) is 6.35. The molecule has 0 radical (unpaired) electrons. The zero-order chi connectivity index (χ0) is 15.1. The maximum atomic E-state index is 5.96. The van der Waals surface area contributed by atoms with E-state index in [0.29, 0.717) is 6.04 Å². The zero-order valence-corrected chi connectivity index (χ0v) is 14.3. The third-order valence-electron chi connectivity index (χ3n) is 3.76. The van der Waals surface area contributed by atoms with Gasteiger partial charge in [-0.05, 0) is 49.2 Å². The molecule has 2 rings (SSSR count). The largest absolute Gasteiger partial charge is 0.313 e. The van der Waals surface area contributed by atoms with Gasteiger partial charge in [0.2, 0.25) is 0 Å². The van der Waals surface area contributed by atoms with E-state index >= 15 is 0 Å². The van der Waals surface area contributed by atoms with Crippen LogP contribution in [0.4, 0.5) is 0 Å². The van der Waals surface area contributed by atoms with Crippen molar-refractivity contribution in [2.45, 2.75) is 25.9 Å². The second-order valence-corrected chi connectivity index (χ2v) is 6.60. The Morgan fingerprint density at radius 2 is 2.00 bits per heavy atom. The fourth-order valence-corrected chi connectivity index (χ4v) is 3.33. The van der Waals surface area contributed by atoms with Crippen molar-refractivity contribution < 1.29 is 0 Å². The maximum absolute atomic E-state index is 5.96. The lowest BCUT2D eigenvalue weighted by molar-refractivity contribution is 0.265. The van der Waals surface area contributed by atoms with Crippen LogP contribution < -0.4 is 5.32 Å². The van der Waals surface area contributed by atoms with E-state index in [-0.39, 0.29) is 0 Å². The molecule has 2 nitrogen and oxygen atoms in total. The standard InChI is InChI=1S/C17H23ClN2S/c1-3-20(13-16-5-4-12-21-16)11-10-17(19-2)14-6-8-15(18)9-7-14/h4-9,12,17,19H,3,10-11,13H2,1-2H3. The summed E-state index contributed by atoms with van der Waals surface area (Å²) in [5.41, 5.74) is 1.30. The van der Waals surface area contributed by atoms with Crippen molar-refractivity contribution in [2.75, 3.05) is 20.1 Å². The van der Waals surface area contributed by atoms with Gasteiger partial charge >= 0.3 is 0 Å². The second-order valence-electron chi connectivity index (χ2n) is 5.13. The molecular formula is C17H23ClN2S. The van der Waals surface area contributed by atoms with Gasteiger partial charge in [0.25, 0.3) is 0 Å². The number of hydrogen-bond donors (Lipinski definition) is 1. The van der Waals surface area contributed by atoms with Crippen LogP contribution in [0.5, 0.6) is 0 Å². The lowest BCUT2D eigenvalue weighted by Crippen LogP contribution is -2.27. The quantitative estimate of drug-likeness (QED) is 0.765. The number of thiophene rings is 1. The summed E-state index contributed by atoms with van der Waals surface area (Å²) in [6.45, 7) is 5.44. The van der Waals surface area contributed by atoms with Gasteiger partial charge in [0.05, 0.1) is 0 Å². The third-order valence-corrected chi connectivity index (χ3v) is 4.87. The van der Waals surface area contributed by atoms with Crippen molar-refractivity contribution in [1.82, 2.24) is 10.2 Å². The first-order valence-corrected chi connectivity index (χ1v) is 8.66. The molecule has 1 heterocycles. The lowest BCUT2D eigenvalue weighted by Gasteiger charge is -2.23. The van der Waals surface area contributed by atoms with Crippen LogP contribution in [0.25, 0.3) is 0 Å². The van der Waals surface area contributed by atoms with Crippen molar-refractivity contribution in [3.8, 4) is 0 Å². The van der Waals surface area contributed by atoms with Crippen LogP contribution in [0.3, 0.4) is 0 Å². The molecule has 0 aliphatic heterocycles. The Balaban J connectivity index is 1.90. The maximum Gasteiger partial charge on any atom is 0.0406 e. The molecule has 114 valence electrons. The summed E-state index contributed by atoms with van der Waals surface area (Å²) >= 11 is 7.79. The summed E-state index contributed by atoms with van der Waals surface area (Å²) in [6, 6.07) is 12.9. The Hall–Kier alpha value is -0.870. The first-order valence-electron chi connectivity index (χ1n) is 7.40. The van der Waals surface area contributed by atoms with Gasteiger partial charge in [0.1, 0.15) is 0 Å². The topological polar surface area (TPSA) is 15.3 Å². The van der Waals surface area contributed by atoms with Crippen molar-refractivity contribution >= 4 is 22.9 Å². The predicted molar refractivity (Wildman–Crippen MR) is 93.1 cm³/mol. The van der Waals surface area contributed by atoms with Gasteiger partial charge in [-0.2, -0.15) is 0 Å². The molecule has 1 aromatic carbocycles. The molecule has 0 saturated heterocycles. The van der Waals surface area contributed by atoms with E-state index in [2.05, 4.69) is 46.8 Å². The number of benzene rings is 1. The van der Waals surface area contributed by atoms with E-state index in [1.165, 1.54) is 10.4 Å². The Labute approximate surface area is 136 Å². The highest BCUT2D eigenvalue weighted by atomic mass is 35.5. The summed E-state index contributed by atoms with van der Waals surface area (Å²) in [6.07, 6.45) is 1.09. The summed E-state index contributed by atoms with van der Waals surface area (Å²) in [4.78, 5) is 3.93. The van der Waals surface area contributed by atoms with E-state index in [4.69, 9.17) is 11.6 Å². The van der Waals surface area contributed by atoms with Crippen LogP contribution in [0.1, 0.15) is 29.8 Å². The Kier molecular flexibility index (Phi) is 6.71. The summed E-state index contributed by atoms with van der Waals surface area (Å²) < 4.78 is 0. The minimum absolute atomic E-state index is 0.375. The number of hydrogen-bond acceptors (Lipinski definition) is 3. The van der Waals surface area contributed by atoms with Crippen LogP contribution in [0, 0.1) is 0 Å².